The van der Waals surface area contributed by atoms with Crippen molar-refractivity contribution in [3.05, 3.63) is 64.7 Å². The monoisotopic (exact) mass is 385 g/mol. The number of benzene rings is 2. The van der Waals surface area contributed by atoms with E-state index in [1.807, 2.05) is 25.1 Å². The predicted molar refractivity (Wildman–Crippen MR) is 103 cm³/mol. The summed E-state index contributed by atoms with van der Waals surface area (Å²) in [6, 6.07) is 13.5. The van der Waals surface area contributed by atoms with E-state index in [0.29, 0.717) is 16.3 Å². The van der Waals surface area contributed by atoms with Gasteiger partial charge in [0.25, 0.3) is 5.91 Å². The molecule has 7 heteroatoms. The molecule has 0 aromatic heterocycles. The van der Waals surface area contributed by atoms with Crippen LogP contribution in [0.15, 0.2) is 48.5 Å². The molecule has 1 atom stereocenters. The molecule has 27 heavy (non-hydrogen) atoms. The van der Waals surface area contributed by atoms with Gasteiger partial charge < -0.3 is 10.6 Å². The van der Waals surface area contributed by atoms with Gasteiger partial charge in [-0.25, -0.2) is 4.79 Å². The van der Waals surface area contributed by atoms with Crippen molar-refractivity contribution < 1.29 is 14.4 Å². The molecular weight excluding hydrogens is 366 g/mol. The van der Waals surface area contributed by atoms with Gasteiger partial charge in [0.15, 0.2) is 0 Å². The van der Waals surface area contributed by atoms with Crippen LogP contribution in [0.1, 0.15) is 25.0 Å². The Labute approximate surface area is 162 Å². The molecule has 0 bridgehead atoms. The molecule has 0 saturated carbocycles. The Morgan fingerprint density at radius 2 is 1.81 bits per heavy atom. The number of para-hydroxylation sites is 1. The Morgan fingerprint density at radius 3 is 2.48 bits per heavy atom. The summed E-state index contributed by atoms with van der Waals surface area (Å²) in [7, 11) is 0. The maximum Gasteiger partial charge on any atom is 0.325 e. The Morgan fingerprint density at radius 1 is 1.15 bits per heavy atom. The molecule has 1 saturated heterocycles. The van der Waals surface area contributed by atoms with Crippen molar-refractivity contribution in [1.82, 2.24) is 10.2 Å². The molecule has 140 valence electrons. The normalized spacial score (nSPS) is 19.1. The molecule has 1 fully saturated rings. The molecule has 3 rings (SSSR count). The fourth-order valence-corrected chi connectivity index (χ4v) is 3.23. The predicted octanol–water partition coefficient (Wildman–Crippen LogP) is 3.31. The summed E-state index contributed by atoms with van der Waals surface area (Å²) in [6.45, 7) is 3.24. The Bertz CT molecular complexity index is 898. The van der Waals surface area contributed by atoms with E-state index in [-0.39, 0.29) is 6.54 Å². The van der Waals surface area contributed by atoms with Gasteiger partial charge in [0.05, 0.1) is 0 Å². The van der Waals surface area contributed by atoms with Crippen molar-refractivity contribution >= 4 is 35.1 Å². The van der Waals surface area contributed by atoms with Crippen molar-refractivity contribution in [1.29, 1.82) is 0 Å². The highest BCUT2D eigenvalue weighted by atomic mass is 35.5. The lowest BCUT2D eigenvalue weighted by atomic mass is 9.92. The van der Waals surface area contributed by atoms with Crippen molar-refractivity contribution in [3.8, 4) is 0 Å². The zero-order valence-corrected chi connectivity index (χ0v) is 15.8. The number of anilines is 1. The SMILES string of the molecule is CCc1ccccc1NC(=O)CN1C(=O)NC(C)(c2ccc(Cl)cc2)C1=O. The lowest BCUT2D eigenvalue weighted by Crippen LogP contribution is -2.42. The largest absolute Gasteiger partial charge is 0.325 e. The van der Waals surface area contributed by atoms with E-state index in [0.717, 1.165) is 16.9 Å². The smallest absolute Gasteiger partial charge is 0.324 e. The van der Waals surface area contributed by atoms with Gasteiger partial charge in [-0.2, -0.15) is 0 Å². The van der Waals surface area contributed by atoms with Crippen molar-refractivity contribution in [2.45, 2.75) is 25.8 Å². The van der Waals surface area contributed by atoms with E-state index in [1.165, 1.54) is 0 Å². The molecule has 0 radical (unpaired) electrons. The van der Waals surface area contributed by atoms with Crippen molar-refractivity contribution in [3.63, 3.8) is 0 Å². The van der Waals surface area contributed by atoms with Crippen molar-refractivity contribution in [2.75, 3.05) is 11.9 Å². The molecule has 2 aromatic carbocycles. The molecule has 1 unspecified atom stereocenters. The summed E-state index contributed by atoms with van der Waals surface area (Å²) in [5.74, 6) is -0.909. The molecule has 1 aliphatic heterocycles. The van der Waals surface area contributed by atoms with Gasteiger partial charge >= 0.3 is 6.03 Å². The second-order valence-corrected chi connectivity index (χ2v) is 6.95. The van der Waals surface area contributed by atoms with Gasteiger partial charge in [-0.3, -0.25) is 14.5 Å². The second kappa shape index (κ2) is 7.40. The highest BCUT2D eigenvalue weighted by Crippen LogP contribution is 2.29. The third-order valence-electron chi connectivity index (χ3n) is 4.67. The number of rotatable bonds is 5. The van der Waals surface area contributed by atoms with E-state index in [2.05, 4.69) is 10.6 Å². The number of halogens is 1. The fourth-order valence-electron chi connectivity index (χ4n) is 3.10. The van der Waals surface area contributed by atoms with Crippen LogP contribution in [0.25, 0.3) is 0 Å². The number of amides is 4. The Balaban J connectivity index is 1.75. The quantitative estimate of drug-likeness (QED) is 0.775. The molecule has 0 spiro atoms. The summed E-state index contributed by atoms with van der Waals surface area (Å²) < 4.78 is 0. The average molecular weight is 386 g/mol. The first-order valence-corrected chi connectivity index (χ1v) is 9.01. The minimum Gasteiger partial charge on any atom is -0.324 e. The lowest BCUT2D eigenvalue weighted by Gasteiger charge is -2.22. The summed E-state index contributed by atoms with van der Waals surface area (Å²) >= 11 is 5.89. The summed E-state index contributed by atoms with van der Waals surface area (Å²) in [5, 5.41) is 5.98. The van der Waals surface area contributed by atoms with Crippen molar-refractivity contribution in [2.24, 2.45) is 0 Å². The molecular formula is C20H20ClN3O3. The van der Waals surface area contributed by atoms with Crippen LogP contribution in [-0.4, -0.2) is 29.3 Å². The Kier molecular flexibility index (Phi) is 5.19. The highest BCUT2D eigenvalue weighted by Gasteiger charge is 2.49. The minimum atomic E-state index is -1.23. The summed E-state index contributed by atoms with van der Waals surface area (Å²) in [5.41, 5.74) is 1.03. The average Bonchev–Trinajstić information content (AvgIpc) is 2.86. The van der Waals surface area contributed by atoms with E-state index in [1.54, 1.807) is 37.3 Å². The first kappa shape index (κ1) is 18.9. The van der Waals surface area contributed by atoms with Crippen LogP contribution in [0.4, 0.5) is 10.5 Å². The number of imide groups is 1. The molecule has 4 amide bonds. The van der Waals surface area contributed by atoms with Gasteiger partial charge in [0.2, 0.25) is 5.91 Å². The maximum atomic E-state index is 12.9. The number of nitrogens with zero attached hydrogens (tertiary/aromatic N) is 1. The van der Waals surface area contributed by atoms with Gasteiger partial charge in [0, 0.05) is 10.7 Å². The minimum absolute atomic E-state index is 0.355. The van der Waals surface area contributed by atoms with Crippen LogP contribution in [0.2, 0.25) is 5.02 Å². The number of hydrogen-bond acceptors (Lipinski definition) is 3. The third kappa shape index (κ3) is 3.66. The maximum absolute atomic E-state index is 12.9. The molecule has 2 aromatic rings. The Hall–Kier alpha value is -2.86. The van der Waals surface area contributed by atoms with Crippen LogP contribution >= 0.6 is 11.6 Å². The fraction of sp³-hybridized carbons (Fsp3) is 0.250. The zero-order valence-electron chi connectivity index (χ0n) is 15.1. The molecule has 1 heterocycles. The van der Waals surface area contributed by atoms with Crippen LogP contribution in [0.3, 0.4) is 0 Å². The number of hydrogen-bond donors (Lipinski definition) is 2. The number of urea groups is 1. The molecule has 1 aliphatic rings. The zero-order chi connectivity index (χ0) is 19.6. The first-order chi connectivity index (χ1) is 12.8. The first-order valence-electron chi connectivity index (χ1n) is 8.63. The van der Waals surface area contributed by atoms with E-state index in [9.17, 15) is 14.4 Å². The molecule has 6 nitrogen and oxygen atoms in total. The van der Waals surface area contributed by atoms with E-state index in [4.69, 9.17) is 11.6 Å². The van der Waals surface area contributed by atoms with Crippen LogP contribution in [0, 0.1) is 0 Å². The highest BCUT2D eigenvalue weighted by molar-refractivity contribution is 6.30. The molecule has 2 N–H and O–H groups in total. The van der Waals surface area contributed by atoms with E-state index >= 15 is 0 Å². The van der Waals surface area contributed by atoms with E-state index < -0.39 is 23.4 Å². The van der Waals surface area contributed by atoms with Gasteiger partial charge in [-0.1, -0.05) is 48.9 Å². The van der Waals surface area contributed by atoms with Crippen LogP contribution < -0.4 is 10.6 Å². The number of nitrogens with one attached hydrogen (secondary N) is 2. The van der Waals surface area contributed by atoms with Gasteiger partial charge in [-0.05, 0) is 42.7 Å². The lowest BCUT2D eigenvalue weighted by molar-refractivity contribution is -0.133. The van der Waals surface area contributed by atoms with Crippen LogP contribution in [-0.2, 0) is 21.5 Å². The third-order valence-corrected chi connectivity index (χ3v) is 4.92. The summed E-state index contributed by atoms with van der Waals surface area (Å²) in [4.78, 5) is 38.5. The number of carbonyl (C=O) groups excluding carboxylic acids is 3. The number of carbonyl (C=O) groups is 3. The summed E-state index contributed by atoms with van der Waals surface area (Å²) in [6.07, 6.45) is 0.758. The topological polar surface area (TPSA) is 78.5 Å². The van der Waals surface area contributed by atoms with Crippen LogP contribution in [0.5, 0.6) is 0 Å². The number of aryl methyl sites for hydroxylation is 1. The second-order valence-electron chi connectivity index (χ2n) is 6.51. The standard InChI is InChI=1S/C20H20ClN3O3/c1-3-13-6-4-5-7-16(13)22-17(25)12-24-18(26)20(2,23-19(24)27)14-8-10-15(21)11-9-14/h4-11H,3,12H2,1-2H3,(H,22,25)(H,23,27). The molecule has 0 aliphatic carbocycles. The van der Waals surface area contributed by atoms with Gasteiger partial charge in [-0.15, -0.1) is 0 Å². The van der Waals surface area contributed by atoms with Gasteiger partial charge in [0.1, 0.15) is 12.1 Å².